The predicted octanol–water partition coefficient (Wildman–Crippen LogP) is 4.95. The maximum Gasteiger partial charge on any atom is 0.00367 e. The van der Waals surface area contributed by atoms with Gasteiger partial charge < -0.3 is 0 Å². The van der Waals surface area contributed by atoms with Gasteiger partial charge >= 0.3 is 0 Å². The highest BCUT2D eigenvalue weighted by atomic mass is 31.0. The average Bonchev–Trinajstić information content (AvgIpc) is 2.14. The van der Waals surface area contributed by atoms with Crippen LogP contribution in [-0.4, -0.2) is 0 Å². The van der Waals surface area contributed by atoms with Crippen LogP contribution in [0, 0.1) is 5.41 Å². The second-order valence-electron chi connectivity index (χ2n) is 6.68. The summed E-state index contributed by atoms with van der Waals surface area (Å²) < 4.78 is 0. The van der Waals surface area contributed by atoms with Crippen LogP contribution in [0.15, 0.2) is 24.3 Å². The van der Waals surface area contributed by atoms with Gasteiger partial charge in [0.1, 0.15) is 0 Å². The summed E-state index contributed by atoms with van der Waals surface area (Å²) in [4.78, 5) is 0. The molecule has 0 nitrogen and oxygen atoms in total. The molecule has 0 aromatic heterocycles. The molecular weight excluding hydrogens is 211 g/mol. The minimum absolute atomic E-state index is 0.219. The lowest BCUT2D eigenvalue weighted by molar-refractivity contribution is 0.396. The summed E-state index contributed by atoms with van der Waals surface area (Å²) in [6, 6.07) is 8.82. The molecule has 1 aromatic rings. The first-order valence-electron chi connectivity index (χ1n) is 5.99. The third-order valence-electron chi connectivity index (χ3n) is 3.04. The van der Waals surface area contributed by atoms with E-state index in [0.717, 1.165) is 0 Å². The molecule has 1 heteroatoms. The third-order valence-corrected chi connectivity index (χ3v) is 4.40. The summed E-state index contributed by atoms with van der Waals surface area (Å²) in [5, 5.41) is 0. The molecule has 1 aromatic carbocycles. The van der Waals surface area contributed by atoms with E-state index in [0.29, 0.717) is 5.66 Å². The Hall–Kier alpha value is -0.350. The van der Waals surface area contributed by atoms with E-state index in [4.69, 9.17) is 0 Å². The van der Waals surface area contributed by atoms with Crippen molar-refractivity contribution in [1.29, 1.82) is 0 Å². The fourth-order valence-electron chi connectivity index (χ4n) is 1.92. The summed E-state index contributed by atoms with van der Waals surface area (Å²) in [5.74, 6) is 0. The van der Waals surface area contributed by atoms with Crippen LogP contribution in [0.2, 0.25) is 0 Å². The van der Waals surface area contributed by atoms with Gasteiger partial charge in [0.25, 0.3) is 0 Å². The van der Waals surface area contributed by atoms with E-state index in [1.165, 1.54) is 11.1 Å². The van der Waals surface area contributed by atoms with Crippen LogP contribution < -0.4 is 0 Å². The second kappa shape index (κ2) is 4.49. The molecule has 0 bridgehead atoms. The minimum atomic E-state index is 0.219. The van der Waals surface area contributed by atoms with E-state index < -0.39 is 0 Å². The van der Waals surface area contributed by atoms with Gasteiger partial charge in [-0.3, -0.25) is 0 Å². The average molecular weight is 236 g/mol. The number of benzene rings is 1. The lowest BCUT2D eigenvalue weighted by Gasteiger charge is -2.32. The summed E-state index contributed by atoms with van der Waals surface area (Å²) in [6.07, 6.45) is 0. The van der Waals surface area contributed by atoms with Crippen LogP contribution in [0.3, 0.4) is 0 Å². The Balaban J connectivity index is 3.25. The Morgan fingerprint density at radius 3 is 1.88 bits per heavy atom. The van der Waals surface area contributed by atoms with Crippen molar-refractivity contribution >= 4 is 9.24 Å². The van der Waals surface area contributed by atoms with Crippen molar-refractivity contribution in [3.8, 4) is 0 Å². The Labute approximate surface area is 103 Å². The van der Waals surface area contributed by atoms with Gasteiger partial charge in [0.15, 0.2) is 0 Å². The van der Waals surface area contributed by atoms with Gasteiger partial charge in [-0.05, 0) is 22.0 Å². The molecule has 0 saturated carbocycles. The molecule has 16 heavy (non-hydrogen) atoms. The molecule has 2 atom stereocenters. The van der Waals surface area contributed by atoms with E-state index in [9.17, 15) is 0 Å². The van der Waals surface area contributed by atoms with Crippen molar-refractivity contribution < 1.29 is 0 Å². The molecule has 0 aliphatic rings. The largest absolute Gasteiger partial charge is 0.129 e. The zero-order chi connectivity index (χ0) is 12.6. The molecule has 0 aliphatic carbocycles. The molecule has 0 amide bonds. The van der Waals surface area contributed by atoms with E-state index in [2.05, 4.69) is 75.0 Å². The highest BCUT2D eigenvalue weighted by Crippen LogP contribution is 2.43. The molecule has 0 spiro atoms. The Kier molecular flexibility index (Phi) is 3.85. The normalized spacial score (nSPS) is 14.9. The van der Waals surface area contributed by atoms with Crippen molar-refractivity contribution in [1.82, 2.24) is 0 Å². The summed E-state index contributed by atoms with van der Waals surface area (Å²) >= 11 is 0. The van der Waals surface area contributed by atoms with E-state index >= 15 is 0 Å². The first-order valence-corrected chi connectivity index (χ1v) is 6.65. The Morgan fingerprint density at radius 2 is 1.44 bits per heavy atom. The van der Waals surface area contributed by atoms with E-state index in [1.54, 1.807) is 0 Å². The minimum Gasteiger partial charge on any atom is -0.129 e. The molecule has 0 radical (unpaired) electrons. The van der Waals surface area contributed by atoms with Crippen molar-refractivity contribution in [2.45, 2.75) is 52.6 Å². The predicted molar refractivity (Wildman–Crippen MR) is 77.0 cm³/mol. The highest BCUT2D eigenvalue weighted by molar-refractivity contribution is 7.17. The summed E-state index contributed by atoms with van der Waals surface area (Å²) in [6.45, 7) is 13.7. The standard InChI is InChI=1S/C15H25P/c1-14(2,3)12-10-8-7-9-11(12)13(16)15(4,5)6/h7-10,13H,16H2,1-6H3. The molecule has 0 heterocycles. The molecule has 90 valence electrons. The number of rotatable bonds is 1. The summed E-state index contributed by atoms with van der Waals surface area (Å²) in [5.41, 5.74) is 3.93. The van der Waals surface area contributed by atoms with Gasteiger partial charge in [0.05, 0.1) is 0 Å². The molecule has 0 N–H and O–H groups in total. The maximum absolute atomic E-state index is 3.01. The van der Waals surface area contributed by atoms with Crippen molar-refractivity contribution in [3.05, 3.63) is 35.4 Å². The van der Waals surface area contributed by atoms with Crippen LogP contribution in [0.5, 0.6) is 0 Å². The summed E-state index contributed by atoms with van der Waals surface area (Å²) in [7, 11) is 3.01. The third kappa shape index (κ3) is 3.08. The highest BCUT2D eigenvalue weighted by Gasteiger charge is 2.27. The number of hydrogen-bond acceptors (Lipinski definition) is 0. The van der Waals surface area contributed by atoms with Crippen LogP contribution in [0.4, 0.5) is 0 Å². The van der Waals surface area contributed by atoms with Crippen molar-refractivity contribution in [2.24, 2.45) is 5.41 Å². The van der Waals surface area contributed by atoms with E-state index in [-0.39, 0.29) is 10.8 Å². The monoisotopic (exact) mass is 236 g/mol. The van der Waals surface area contributed by atoms with Gasteiger partial charge in [-0.25, -0.2) is 0 Å². The molecular formula is C15H25P. The van der Waals surface area contributed by atoms with Crippen molar-refractivity contribution in [3.63, 3.8) is 0 Å². The van der Waals surface area contributed by atoms with E-state index in [1.807, 2.05) is 0 Å². The van der Waals surface area contributed by atoms with Gasteiger partial charge in [-0.2, -0.15) is 0 Å². The van der Waals surface area contributed by atoms with Crippen LogP contribution in [0.1, 0.15) is 58.3 Å². The molecule has 0 saturated heterocycles. The fourth-order valence-corrected chi connectivity index (χ4v) is 2.21. The molecule has 0 fully saturated rings. The van der Waals surface area contributed by atoms with Gasteiger partial charge in [-0.15, -0.1) is 9.24 Å². The smallest absolute Gasteiger partial charge is 0.00367 e. The van der Waals surface area contributed by atoms with Gasteiger partial charge in [0.2, 0.25) is 0 Å². The van der Waals surface area contributed by atoms with Gasteiger partial charge in [-0.1, -0.05) is 65.8 Å². The maximum atomic E-state index is 3.01. The Bertz CT molecular complexity index is 352. The number of hydrogen-bond donors (Lipinski definition) is 0. The second-order valence-corrected chi connectivity index (χ2v) is 7.35. The molecule has 0 aliphatic heterocycles. The topological polar surface area (TPSA) is 0 Å². The zero-order valence-electron chi connectivity index (χ0n) is 11.5. The fraction of sp³-hybridized carbons (Fsp3) is 0.600. The SMILES string of the molecule is CC(C)(C)c1ccccc1C(P)C(C)(C)C. The Morgan fingerprint density at radius 1 is 0.938 bits per heavy atom. The van der Waals surface area contributed by atoms with Crippen LogP contribution in [-0.2, 0) is 5.41 Å². The first kappa shape index (κ1) is 13.7. The molecule has 1 rings (SSSR count). The van der Waals surface area contributed by atoms with Crippen LogP contribution in [0.25, 0.3) is 0 Å². The molecule has 2 unspecified atom stereocenters. The van der Waals surface area contributed by atoms with Crippen LogP contribution >= 0.6 is 9.24 Å². The quantitative estimate of drug-likeness (QED) is 0.605. The lowest BCUT2D eigenvalue weighted by Crippen LogP contribution is -2.20. The first-order chi connectivity index (χ1) is 7.14. The van der Waals surface area contributed by atoms with Crippen molar-refractivity contribution in [2.75, 3.05) is 0 Å². The lowest BCUT2D eigenvalue weighted by atomic mass is 9.78. The van der Waals surface area contributed by atoms with Gasteiger partial charge in [0, 0.05) is 5.66 Å². The zero-order valence-corrected chi connectivity index (χ0v) is 12.6.